The van der Waals surface area contributed by atoms with E-state index in [0.717, 1.165) is 28.9 Å². The van der Waals surface area contributed by atoms with Gasteiger partial charge in [0, 0.05) is 24.4 Å². The molecular weight excluding hydrogens is 304 g/mol. The highest BCUT2D eigenvalue weighted by Crippen LogP contribution is 2.38. The lowest BCUT2D eigenvalue weighted by molar-refractivity contribution is 0.0933. The summed E-state index contributed by atoms with van der Waals surface area (Å²) in [6.45, 7) is 0.453. The van der Waals surface area contributed by atoms with Crippen LogP contribution >= 0.6 is 0 Å². The summed E-state index contributed by atoms with van der Waals surface area (Å²) < 4.78 is 11.0. The van der Waals surface area contributed by atoms with Crippen LogP contribution in [-0.2, 0) is 6.42 Å². The zero-order valence-electron chi connectivity index (χ0n) is 12.9. The summed E-state index contributed by atoms with van der Waals surface area (Å²) in [5.74, 6) is 0.740. The standard InChI is InChI=1S/C19H16N2O3/c22-19(15-6-9-23-12-15)21-11-16-10-14-2-1-3-17(18(14)24-16)13-4-7-20-8-5-13/h1-9,12,16H,10-11H2,(H,21,22)/t16-/m0/s1. The van der Waals surface area contributed by atoms with E-state index < -0.39 is 0 Å². The minimum atomic E-state index is -0.155. The van der Waals surface area contributed by atoms with Gasteiger partial charge in [0.25, 0.3) is 5.91 Å². The van der Waals surface area contributed by atoms with E-state index in [1.807, 2.05) is 24.3 Å². The second-order valence-electron chi connectivity index (χ2n) is 5.70. The number of nitrogens with one attached hydrogen (secondary N) is 1. The van der Waals surface area contributed by atoms with E-state index >= 15 is 0 Å². The number of benzene rings is 1. The van der Waals surface area contributed by atoms with Crippen molar-refractivity contribution in [3.8, 4) is 16.9 Å². The molecule has 0 fully saturated rings. The van der Waals surface area contributed by atoms with Crippen molar-refractivity contribution >= 4 is 5.91 Å². The highest BCUT2D eigenvalue weighted by molar-refractivity contribution is 5.93. The maximum Gasteiger partial charge on any atom is 0.254 e. The van der Waals surface area contributed by atoms with Gasteiger partial charge in [-0.15, -0.1) is 0 Å². The van der Waals surface area contributed by atoms with Crippen molar-refractivity contribution in [2.45, 2.75) is 12.5 Å². The molecule has 1 N–H and O–H groups in total. The molecule has 0 spiro atoms. The fourth-order valence-corrected chi connectivity index (χ4v) is 2.91. The van der Waals surface area contributed by atoms with E-state index in [2.05, 4.69) is 16.4 Å². The fourth-order valence-electron chi connectivity index (χ4n) is 2.91. The molecular formula is C19H16N2O3. The Morgan fingerprint density at radius 1 is 1.21 bits per heavy atom. The molecule has 1 aliphatic heterocycles. The van der Waals surface area contributed by atoms with Crippen molar-refractivity contribution in [1.29, 1.82) is 0 Å². The summed E-state index contributed by atoms with van der Waals surface area (Å²) in [5.41, 5.74) is 3.80. The average Bonchev–Trinajstić information content (AvgIpc) is 3.29. The van der Waals surface area contributed by atoms with Crippen LogP contribution in [0.5, 0.6) is 5.75 Å². The van der Waals surface area contributed by atoms with Crippen molar-refractivity contribution in [3.05, 3.63) is 72.4 Å². The third kappa shape index (κ3) is 2.76. The van der Waals surface area contributed by atoms with E-state index in [0.29, 0.717) is 12.1 Å². The third-order valence-corrected chi connectivity index (χ3v) is 4.09. The second-order valence-corrected chi connectivity index (χ2v) is 5.70. The van der Waals surface area contributed by atoms with Gasteiger partial charge >= 0.3 is 0 Å². The second kappa shape index (κ2) is 6.20. The first-order valence-electron chi connectivity index (χ1n) is 7.80. The highest BCUT2D eigenvalue weighted by atomic mass is 16.5. The van der Waals surface area contributed by atoms with Crippen molar-refractivity contribution in [1.82, 2.24) is 10.3 Å². The molecule has 0 unspecified atom stereocenters. The molecule has 4 rings (SSSR count). The van der Waals surface area contributed by atoms with E-state index in [-0.39, 0.29) is 12.0 Å². The van der Waals surface area contributed by atoms with Crippen molar-refractivity contribution in [3.63, 3.8) is 0 Å². The van der Waals surface area contributed by atoms with Crippen LogP contribution in [0.4, 0.5) is 0 Å². The topological polar surface area (TPSA) is 64.4 Å². The van der Waals surface area contributed by atoms with Crippen molar-refractivity contribution < 1.29 is 13.9 Å². The first kappa shape index (κ1) is 14.5. The molecule has 0 aliphatic carbocycles. The Balaban J connectivity index is 1.47. The zero-order valence-corrected chi connectivity index (χ0v) is 12.9. The van der Waals surface area contributed by atoms with Gasteiger partial charge in [-0.05, 0) is 29.3 Å². The van der Waals surface area contributed by atoms with Crippen LogP contribution in [0.15, 0.2) is 65.7 Å². The van der Waals surface area contributed by atoms with E-state index in [4.69, 9.17) is 9.15 Å². The Kier molecular flexibility index (Phi) is 3.75. The van der Waals surface area contributed by atoms with Crippen LogP contribution < -0.4 is 10.1 Å². The molecule has 1 amide bonds. The summed E-state index contributed by atoms with van der Waals surface area (Å²) >= 11 is 0. The molecule has 0 bridgehead atoms. The SMILES string of the molecule is O=C(NC[C@@H]1Cc2cccc(-c3ccncc3)c2O1)c1ccoc1. The van der Waals surface area contributed by atoms with Gasteiger partial charge in [0.1, 0.15) is 18.1 Å². The number of carbonyl (C=O) groups excluding carboxylic acids is 1. The number of hydrogen-bond acceptors (Lipinski definition) is 4. The van der Waals surface area contributed by atoms with Gasteiger partial charge < -0.3 is 14.5 Å². The molecule has 24 heavy (non-hydrogen) atoms. The molecule has 5 heteroatoms. The molecule has 1 aliphatic rings. The van der Waals surface area contributed by atoms with Crippen LogP contribution in [-0.4, -0.2) is 23.5 Å². The van der Waals surface area contributed by atoms with E-state index in [1.165, 1.54) is 12.5 Å². The predicted molar refractivity (Wildman–Crippen MR) is 88.8 cm³/mol. The predicted octanol–water partition coefficient (Wildman–Crippen LogP) is 3.08. The smallest absolute Gasteiger partial charge is 0.254 e. The minimum absolute atomic E-state index is 0.0705. The quantitative estimate of drug-likeness (QED) is 0.802. The Bertz CT molecular complexity index is 844. The summed E-state index contributed by atoms with van der Waals surface area (Å²) in [6.07, 6.45) is 7.16. The maximum absolute atomic E-state index is 12.0. The molecule has 0 radical (unpaired) electrons. The number of para-hydroxylation sites is 1. The Hall–Kier alpha value is -3.08. The lowest BCUT2D eigenvalue weighted by atomic mass is 10.0. The summed E-state index contributed by atoms with van der Waals surface area (Å²) in [6, 6.07) is 11.7. The average molecular weight is 320 g/mol. The number of amides is 1. The van der Waals surface area contributed by atoms with Crippen LogP contribution in [0, 0.1) is 0 Å². The van der Waals surface area contributed by atoms with E-state index in [1.54, 1.807) is 18.5 Å². The lowest BCUT2D eigenvalue weighted by Gasteiger charge is -2.13. The lowest BCUT2D eigenvalue weighted by Crippen LogP contribution is -2.34. The molecule has 0 saturated carbocycles. The molecule has 3 aromatic rings. The number of furan rings is 1. The van der Waals surface area contributed by atoms with Gasteiger partial charge in [0.2, 0.25) is 0 Å². The van der Waals surface area contributed by atoms with Gasteiger partial charge in [-0.25, -0.2) is 0 Å². The molecule has 120 valence electrons. The zero-order chi connectivity index (χ0) is 16.4. The molecule has 1 aromatic carbocycles. The molecule has 0 saturated heterocycles. The first-order valence-corrected chi connectivity index (χ1v) is 7.80. The fraction of sp³-hybridized carbons (Fsp3) is 0.158. The Labute approximate surface area is 139 Å². The number of pyridine rings is 1. The van der Waals surface area contributed by atoms with Crippen molar-refractivity contribution in [2.24, 2.45) is 0 Å². The van der Waals surface area contributed by atoms with Gasteiger partial charge in [-0.2, -0.15) is 0 Å². The number of carbonyl (C=O) groups is 1. The highest BCUT2D eigenvalue weighted by Gasteiger charge is 2.26. The number of rotatable bonds is 4. The van der Waals surface area contributed by atoms with Gasteiger partial charge in [-0.3, -0.25) is 9.78 Å². The number of aromatic nitrogens is 1. The Morgan fingerprint density at radius 2 is 2.08 bits per heavy atom. The monoisotopic (exact) mass is 320 g/mol. The van der Waals surface area contributed by atoms with Crippen molar-refractivity contribution in [2.75, 3.05) is 6.54 Å². The van der Waals surface area contributed by atoms with Gasteiger partial charge in [0.05, 0.1) is 18.4 Å². The summed E-state index contributed by atoms with van der Waals surface area (Å²) in [4.78, 5) is 16.0. The minimum Gasteiger partial charge on any atom is -0.487 e. The first-order chi connectivity index (χ1) is 11.8. The molecule has 3 heterocycles. The number of nitrogens with zero attached hydrogens (tertiary/aromatic N) is 1. The number of ether oxygens (including phenoxy) is 1. The number of hydrogen-bond donors (Lipinski definition) is 1. The van der Waals surface area contributed by atoms with Gasteiger partial charge in [0.15, 0.2) is 0 Å². The normalized spacial score (nSPS) is 15.6. The Morgan fingerprint density at radius 3 is 2.88 bits per heavy atom. The molecule has 2 aromatic heterocycles. The largest absolute Gasteiger partial charge is 0.487 e. The van der Waals surface area contributed by atoms with Crippen LogP contribution in [0.1, 0.15) is 15.9 Å². The number of fused-ring (bicyclic) bond motifs is 1. The molecule has 5 nitrogen and oxygen atoms in total. The maximum atomic E-state index is 12.0. The molecule has 1 atom stereocenters. The summed E-state index contributed by atoms with van der Waals surface area (Å²) in [7, 11) is 0. The van der Waals surface area contributed by atoms with Gasteiger partial charge in [-0.1, -0.05) is 18.2 Å². The third-order valence-electron chi connectivity index (χ3n) is 4.09. The van der Waals surface area contributed by atoms with Crippen LogP contribution in [0.3, 0.4) is 0 Å². The van der Waals surface area contributed by atoms with E-state index in [9.17, 15) is 4.79 Å². The van der Waals surface area contributed by atoms with Crippen LogP contribution in [0.25, 0.3) is 11.1 Å². The van der Waals surface area contributed by atoms with Crippen LogP contribution in [0.2, 0.25) is 0 Å². The summed E-state index contributed by atoms with van der Waals surface area (Å²) in [5, 5.41) is 2.89.